The van der Waals surface area contributed by atoms with Gasteiger partial charge in [0.25, 0.3) is 0 Å². The average Bonchev–Trinajstić information content (AvgIpc) is 2.61. The molecule has 1 amide bonds. The maximum atomic E-state index is 12.6. The summed E-state index contributed by atoms with van der Waals surface area (Å²) in [6.45, 7) is 11.5. The molecule has 7 nitrogen and oxygen atoms in total. The van der Waals surface area contributed by atoms with E-state index in [1.54, 1.807) is 45.0 Å². The van der Waals surface area contributed by atoms with Gasteiger partial charge in [-0.1, -0.05) is 50.0 Å². The highest BCUT2D eigenvalue weighted by molar-refractivity contribution is 6.76. The molecule has 30 heavy (non-hydrogen) atoms. The third-order valence-corrected chi connectivity index (χ3v) is 5.90. The quantitative estimate of drug-likeness (QED) is 0.354. The van der Waals surface area contributed by atoms with Crippen LogP contribution in [0.1, 0.15) is 26.3 Å². The second kappa shape index (κ2) is 11.0. The van der Waals surface area contributed by atoms with Crippen LogP contribution in [-0.2, 0) is 19.1 Å². The zero-order chi connectivity index (χ0) is 22.9. The standard InChI is InChI=1S/C22H33NO6Si/c1-22(2,3)23(15-19(24)28-12-13-30(4,5)6)21(27)29-16-18(20(25)26)14-17-10-8-7-9-11-17/h7-11,14H,12-13,15-16H2,1-6H3,(H,25,26). The zero-order valence-electron chi connectivity index (χ0n) is 18.7. The molecule has 0 spiro atoms. The number of nitrogens with zero attached hydrogens (tertiary/aromatic N) is 1. The minimum absolute atomic E-state index is 0.0684. The molecule has 0 aliphatic rings. The van der Waals surface area contributed by atoms with E-state index in [1.165, 1.54) is 11.0 Å². The number of ether oxygens (including phenoxy) is 2. The highest BCUT2D eigenvalue weighted by Crippen LogP contribution is 2.16. The van der Waals surface area contributed by atoms with E-state index in [4.69, 9.17) is 9.47 Å². The van der Waals surface area contributed by atoms with Gasteiger partial charge in [-0.25, -0.2) is 9.59 Å². The van der Waals surface area contributed by atoms with Crippen molar-refractivity contribution in [2.75, 3.05) is 19.8 Å². The summed E-state index contributed by atoms with van der Waals surface area (Å²) >= 11 is 0. The zero-order valence-corrected chi connectivity index (χ0v) is 19.7. The van der Waals surface area contributed by atoms with Gasteiger partial charge in [0.2, 0.25) is 0 Å². The molecule has 0 saturated heterocycles. The lowest BCUT2D eigenvalue weighted by Crippen LogP contribution is -2.49. The van der Waals surface area contributed by atoms with E-state index in [2.05, 4.69) is 19.6 Å². The fourth-order valence-corrected chi connectivity index (χ4v) is 3.07. The largest absolute Gasteiger partial charge is 0.478 e. The first-order chi connectivity index (χ1) is 13.8. The lowest BCUT2D eigenvalue weighted by molar-refractivity contribution is -0.145. The first-order valence-electron chi connectivity index (χ1n) is 9.88. The molecular weight excluding hydrogens is 402 g/mol. The molecule has 0 aliphatic heterocycles. The van der Waals surface area contributed by atoms with Gasteiger partial charge >= 0.3 is 18.0 Å². The van der Waals surface area contributed by atoms with Gasteiger partial charge in [0.15, 0.2) is 0 Å². The lowest BCUT2D eigenvalue weighted by atomic mass is 10.1. The van der Waals surface area contributed by atoms with Crippen molar-refractivity contribution in [2.45, 2.75) is 52.0 Å². The maximum absolute atomic E-state index is 12.6. The van der Waals surface area contributed by atoms with E-state index in [-0.39, 0.29) is 12.1 Å². The van der Waals surface area contributed by atoms with Crippen LogP contribution in [0.3, 0.4) is 0 Å². The molecule has 0 atom stereocenters. The number of carbonyl (C=O) groups excluding carboxylic acids is 2. The summed E-state index contributed by atoms with van der Waals surface area (Å²) in [7, 11) is -1.34. The highest BCUT2D eigenvalue weighted by Gasteiger charge is 2.31. The van der Waals surface area contributed by atoms with Crippen molar-refractivity contribution < 1.29 is 29.0 Å². The number of aliphatic carboxylic acids is 1. The molecule has 1 aromatic carbocycles. The summed E-state index contributed by atoms with van der Waals surface area (Å²) in [5.41, 5.74) is -0.0905. The molecule has 0 bridgehead atoms. The fourth-order valence-electron chi connectivity index (χ4n) is 2.35. The molecule has 0 unspecified atom stereocenters. The third kappa shape index (κ3) is 9.73. The minimum atomic E-state index is -1.34. The molecule has 166 valence electrons. The summed E-state index contributed by atoms with van der Waals surface area (Å²) in [5.74, 6) is -1.70. The monoisotopic (exact) mass is 435 g/mol. The van der Waals surface area contributed by atoms with E-state index >= 15 is 0 Å². The van der Waals surface area contributed by atoms with Gasteiger partial charge < -0.3 is 14.6 Å². The fraction of sp³-hybridized carbons (Fsp3) is 0.500. The number of carboxylic acids is 1. The Morgan fingerprint density at radius 1 is 1.07 bits per heavy atom. The van der Waals surface area contributed by atoms with Gasteiger partial charge in [-0.3, -0.25) is 9.69 Å². The highest BCUT2D eigenvalue weighted by atomic mass is 28.3. The number of hydrogen-bond acceptors (Lipinski definition) is 5. The molecule has 0 aromatic heterocycles. The number of esters is 1. The molecule has 8 heteroatoms. The van der Waals surface area contributed by atoms with Gasteiger partial charge in [-0.2, -0.15) is 0 Å². The molecular formula is C22H33NO6Si. The molecule has 0 heterocycles. The van der Waals surface area contributed by atoms with Crippen molar-refractivity contribution in [3.8, 4) is 0 Å². The Balaban J connectivity index is 2.77. The summed E-state index contributed by atoms with van der Waals surface area (Å²) in [6.07, 6.45) is 0.673. The van der Waals surface area contributed by atoms with E-state index in [0.29, 0.717) is 12.2 Å². The second-order valence-corrected chi connectivity index (χ2v) is 14.8. The van der Waals surface area contributed by atoms with E-state index in [1.807, 2.05) is 6.07 Å². The van der Waals surface area contributed by atoms with Crippen LogP contribution < -0.4 is 0 Å². The van der Waals surface area contributed by atoms with E-state index in [9.17, 15) is 19.5 Å². The predicted octanol–water partition coefficient (Wildman–Crippen LogP) is 4.27. The van der Waals surface area contributed by atoms with Crippen LogP contribution in [0.5, 0.6) is 0 Å². The van der Waals surface area contributed by atoms with E-state index < -0.39 is 38.3 Å². The van der Waals surface area contributed by atoms with Crippen LogP contribution >= 0.6 is 0 Å². The van der Waals surface area contributed by atoms with Crippen LogP contribution in [0.4, 0.5) is 4.79 Å². The predicted molar refractivity (Wildman–Crippen MR) is 119 cm³/mol. The Morgan fingerprint density at radius 2 is 1.67 bits per heavy atom. The summed E-state index contributed by atoms with van der Waals surface area (Å²) in [4.78, 5) is 37.6. The summed E-state index contributed by atoms with van der Waals surface area (Å²) in [6, 6.07) is 9.73. The molecule has 0 fully saturated rings. The van der Waals surface area contributed by atoms with Crippen molar-refractivity contribution in [3.05, 3.63) is 41.5 Å². The average molecular weight is 436 g/mol. The van der Waals surface area contributed by atoms with Gasteiger partial charge in [0, 0.05) is 13.6 Å². The third-order valence-electron chi connectivity index (χ3n) is 4.20. The van der Waals surface area contributed by atoms with Gasteiger partial charge in [-0.15, -0.1) is 0 Å². The first-order valence-corrected chi connectivity index (χ1v) is 13.6. The van der Waals surface area contributed by atoms with E-state index in [0.717, 1.165) is 6.04 Å². The Bertz CT molecular complexity index is 762. The number of carbonyl (C=O) groups is 3. The number of hydrogen-bond donors (Lipinski definition) is 1. The number of rotatable bonds is 9. The van der Waals surface area contributed by atoms with Crippen molar-refractivity contribution in [1.82, 2.24) is 4.90 Å². The van der Waals surface area contributed by atoms with Crippen molar-refractivity contribution in [2.24, 2.45) is 0 Å². The molecule has 1 aromatic rings. The smallest absolute Gasteiger partial charge is 0.411 e. The van der Waals surface area contributed by atoms with Crippen molar-refractivity contribution >= 4 is 32.2 Å². The van der Waals surface area contributed by atoms with Crippen LogP contribution in [0, 0.1) is 0 Å². The molecule has 0 saturated carbocycles. The molecule has 1 rings (SSSR count). The topological polar surface area (TPSA) is 93.1 Å². The van der Waals surface area contributed by atoms with Gasteiger partial charge in [-0.05, 0) is 38.5 Å². The van der Waals surface area contributed by atoms with Crippen LogP contribution in [-0.4, -0.2) is 61.4 Å². The van der Waals surface area contributed by atoms with Crippen molar-refractivity contribution in [1.29, 1.82) is 0 Å². The molecule has 0 aliphatic carbocycles. The minimum Gasteiger partial charge on any atom is -0.478 e. The number of carboxylic acid groups (broad SMARTS) is 1. The maximum Gasteiger partial charge on any atom is 0.411 e. The van der Waals surface area contributed by atoms with Gasteiger partial charge in [0.1, 0.15) is 13.2 Å². The van der Waals surface area contributed by atoms with Gasteiger partial charge in [0.05, 0.1) is 12.2 Å². The van der Waals surface area contributed by atoms with Crippen LogP contribution in [0.2, 0.25) is 25.7 Å². The SMILES string of the molecule is CC(C)(C)N(CC(=O)OCC[Si](C)(C)C)C(=O)OCC(=Cc1ccccc1)C(=O)O. The Morgan fingerprint density at radius 3 is 2.17 bits per heavy atom. The Labute approximate surface area is 179 Å². The molecule has 1 N–H and O–H groups in total. The van der Waals surface area contributed by atoms with Crippen molar-refractivity contribution in [3.63, 3.8) is 0 Å². The van der Waals surface area contributed by atoms with Crippen LogP contribution in [0.25, 0.3) is 6.08 Å². The summed E-state index contributed by atoms with van der Waals surface area (Å²) < 4.78 is 10.5. The number of benzene rings is 1. The lowest BCUT2D eigenvalue weighted by Gasteiger charge is -2.33. The van der Waals surface area contributed by atoms with Crippen LogP contribution in [0.15, 0.2) is 35.9 Å². The first kappa shape index (κ1) is 25.4. The molecule has 0 radical (unpaired) electrons. The Hall–Kier alpha value is -2.61. The number of amides is 1. The summed E-state index contributed by atoms with van der Waals surface area (Å²) in [5, 5.41) is 9.41. The Kier molecular flexibility index (Phi) is 9.29. The normalized spacial score (nSPS) is 12.3. The second-order valence-electron chi connectivity index (χ2n) is 9.23.